The molecular weight excluding hydrogens is 212 g/mol. The molecule has 2 fully saturated rings. The predicted octanol–water partition coefficient (Wildman–Crippen LogP) is 4.08. The van der Waals surface area contributed by atoms with E-state index in [9.17, 15) is 4.79 Å². The highest BCUT2D eigenvalue weighted by Crippen LogP contribution is 2.39. The molecule has 0 aromatic rings. The second kappa shape index (κ2) is 6.42. The van der Waals surface area contributed by atoms with E-state index in [0.29, 0.717) is 12.3 Å². The zero-order valence-corrected chi connectivity index (χ0v) is 11.1. The lowest BCUT2D eigenvalue weighted by atomic mass is 9.72. The Morgan fingerprint density at radius 2 is 1.65 bits per heavy atom. The monoisotopic (exact) mass is 238 g/mol. The SMILES string of the molecule is CCC(=O)O[C@@H]1CCCC[C@@H]1C1CCCCC1. The zero-order valence-electron chi connectivity index (χ0n) is 11.1. The Kier molecular flexibility index (Phi) is 4.87. The summed E-state index contributed by atoms with van der Waals surface area (Å²) in [7, 11) is 0. The lowest BCUT2D eigenvalue weighted by Crippen LogP contribution is -2.35. The standard InChI is InChI=1S/C15H26O2/c1-2-15(16)17-14-11-7-6-10-13(14)12-8-4-3-5-9-12/h12-14H,2-11H2,1H3/t13-,14-/m1/s1. The van der Waals surface area contributed by atoms with Crippen LogP contribution >= 0.6 is 0 Å². The summed E-state index contributed by atoms with van der Waals surface area (Å²) in [6.07, 6.45) is 12.6. The van der Waals surface area contributed by atoms with E-state index in [2.05, 4.69) is 0 Å². The normalized spacial score (nSPS) is 31.1. The van der Waals surface area contributed by atoms with Gasteiger partial charge in [0.05, 0.1) is 0 Å². The van der Waals surface area contributed by atoms with Crippen LogP contribution in [-0.2, 0) is 9.53 Å². The van der Waals surface area contributed by atoms with Crippen molar-refractivity contribution in [1.29, 1.82) is 0 Å². The maximum atomic E-state index is 11.5. The van der Waals surface area contributed by atoms with E-state index in [0.717, 1.165) is 12.3 Å². The summed E-state index contributed by atoms with van der Waals surface area (Å²) in [4.78, 5) is 11.5. The minimum absolute atomic E-state index is 0.00212. The van der Waals surface area contributed by atoms with Gasteiger partial charge in [0.15, 0.2) is 0 Å². The molecule has 0 amide bonds. The van der Waals surface area contributed by atoms with Crippen molar-refractivity contribution in [1.82, 2.24) is 0 Å². The van der Waals surface area contributed by atoms with Gasteiger partial charge in [-0.3, -0.25) is 4.79 Å². The lowest BCUT2D eigenvalue weighted by Gasteiger charge is -2.38. The topological polar surface area (TPSA) is 26.3 Å². The molecule has 0 aromatic heterocycles. The van der Waals surface area contributed by atoms with Crippen molar-refractivity contribution in [2.24, 2.45) is 11.8 Å². The van der Waals surface area contributed by atoms with Crippen molar-refractivity contribution in [3.63, 3.8) is 0 Å². The fourth-order valence-electron chi connectivity index (χ4n) is 3.63. The second-order valence-electron chi connectivity index (χ2n) is 5.73. The Balaban J connectivity index is 1.93. The van der Waals surface area contributed by atoms with Crippen molar-refractivity contribution in [2.45, 2.75) is 77.2 Å². The minimum Gasteiger partial charge on any atom is -0.462 e. The summed E-state index contributed by atoms with van der Waals surface area (Å²) in [5.41, 5.74) is 0. The van der Waals surface area contributed by atoms with Crippen LogP contribution in [0.5, 0.6) is 0 Å². The zero-order chi connectivity index (χ0) is 12.1. The van der Waals surface area contributed by atoms with Gasteiger partial charge in [-0.25, -0.2) is 0 Å². The van der Waals surface area contributed by atoms with Crippen molar-refractivity contribution >= 4 is 5.97 Å². The summed E-state index contributed by atoms with van der Waals surface area (Å²) in [5, 5.41) is 0. The third-order valence-electron chi connectivity index (χ3n) is 4.58. The van der Waals surface area contributed by atoms with Gasteiger partial charge < -0.3 is 4.74 Å². The summed E-state index contributed by atoms with van der Waals surface area (Å²) in [5.74, 6) is 1.50. The number of carbonyl (C=O) groups excluding carboxylic acids is 1. The Labute approximate surface area is 105 Å². The molecule has 2 heteroatoms. The molecule has 98 valence electrons. The van der Waals surface area contributed by atoms with E-state index in [1.54, 1.807) is 0 Å². The summed E-state index contributed by atoms with van der Waals surface area (Å²) in [6.45, 7) is 1.89. The van der Waals surface area contributed by atoms with Crippen LogP contribution in [0, 0.1) is 11.8 Å². The first-order chi connectivity index (χ1) is 8.31. The van der Waals surface area contributed by atoms with Crippen LogP contribution in [0.3, 0.4) is 0 Å². The molecule has 0 aliphatic heterocycles. The molecule has 0 heterocycles. The van der Waals surface area contributed by atoms with E-state index in [1.807, 2.05) is 6.92 Å². The highest BCUT2D eigenvalue weighted by Gasteiger charge is 2.34. The molecule has 0 unspecified atom stereocenters. The van der Waals surface area contributed by atoms with Gasteiger partial charge >= 0.3 is 5.97 Å². The Morgan fingerprint density at radius 1 is 1.00 bits per heavy atom. The predicted molar refractivity (Wildman–Crippen MR) is 68.7 cm³/mol. The number of esters is 1. The molecule has 0 N–H and O–H groups in total. The van der Waals surface area contributed by atoms with Gasteiger partial charge in [-0.1, -0.05) is 45.4 Å². The van der Waals surface area contributed by atoms with E-state index < -0.39 is 0 Å². The van der Waals surface area contributed by atoms with Gasteiger partial charge in [0, 0.05) is 6.42 Å². The van der Waals surface area contributed by atoms with Gasteiger partial charge in [-0.2, -0.15) is 0 Å². The molecule has 2 rings (SSSR count). The first kappa shape index (κ1) is 12.9. The maximum absolute atomic E-state index is 11.5. The summed E-state index contributed by atoms with van der Waals surface area (Å²) < 4.78 is 5.67. The molecule has 2 nitrogen and oxygen atoms in total. The van der Waals surface area contributed by atoms with E-state index in [-0.39, 0.29) is 12.1 Å². The Bertz CT molecular complexity index is 243. The van der Waals surface area contributed by atoms with Gasteiger partial charge in [0.25, 0.3) is 0 Å². The number of rotatable bonds is 3. The highest BCUT2D eigenvalue weighted by atomic mass is 16.5. The van der Waals surface area contributed by atoms with Gasteiger partial charge in [0.2, 0.25) is 0 Å². The van der Waals surface area contributed by atoms with Crippen LogP contribution in [0.25, 0.3) is 0 Å². The lowest BCUT2D eigenvalue weighted by molar-refractivity contribution is -0.155. The first-order valence-corrected chi connectivity index (χ1v) is 7.50. The third-order valence-corrected chi connectivity index (χ3v) is 4.58. The first-order valence-electron chi connectivity index (χ1n) is 7.50. The fourth-order valence-corrected chi connectivity index (χ4v) is 3.63. The molecule has 2 saturated carbocycles. The largest absolute Gasteiger partial charge is 0.462 e. The van der Waals surface area contributed by atoms with Crippen LogP contribution in [0.1, 0.15) is 71.1 Å². The van der Waals surface area contributed by atoms with Crippen LogP contribution in [-0.4, -0.2) is 12.1 Å². The molecule has 0 radical (unpaired) electrons. The van der Waals surface area contributed by atoms with Gasteiger partial charge in [0.1, 0.15) is 6.10 Å². The average Bonchev–Trinajstić information content (AvgIpc) is 2.40. The molecule has 17 heavy (non-hydrogen) atoms. The Hall–Kier alpha value is -0.530. The van der Waals surface area contributed by atoms with Crippen molar-refractivity contribution in [3.8, 4) is 0 Å². The second-order valence-corrected chi connectivity index (χ2v) is 5.73. The maximum Gasteiger partial charge on any atom is 0.305 e. The quantitative estimate of drug-likeness (QED) is 0.692. The Morgan fingerprint density at radius 3 is 2.35 bits per heavy atom. The number of carbonyl (C=O) groups is 1. The molecule has 2 atom stereocenters. The molecule has 0 spiro atoms. The van der Waals surface area contributed by atoms with E-state index in [1.165, 1.54) is 51.4 Å². The summed E-state index contributed by atoms with van der Waals surface area (Å²) >= 11 is 0. The van der Waals surface area contributed by atoms with Crippen LogP contribution in [0.2, 0.25) is 0 Å². The van der Waals surface area contributed by atoms with E-state index >= 15 is 0 Å². The van der Waals surface area contributed by atoms with E-state index in [4.69, 9.17) is 4.74 Å². The minimum atomic E-state index is -0.00212. The third kappa shape index (κ3) is 3.46. The average molecular weight is 238 g/mol. The molecular formula is C15H26O2. The van der Waals surface area contributed by atoms with Crippen molar-refractivity contribution < 1.29 is 9.53 Å². The van der Waals surface area contributed by atoms with Crippen LogP contribution in [0.15, 0.2) is 0 Å². The molecule has 0 aromatic carbocycles. The van der Waals surface area contributed by atoms with Crippen LogP contribution < -0.4 is 0 Å². The smallest absolute Gasteiger partial charge is 0.305 e. The van der Waals surface area contributed by atoms with Crippen LogP contribution in [0.4, 0.5) is 0 Å². The molecule has 2 aliphatic rings. The number of ether oxygens (including phenoxy) is 1. The van der Waals surface area contributed by atoms with Crippen molar-refractivity contribution in [3.05, 3.63) is 0 Å². The van der Waals surface area contributed by atoms with Gasteiger partial charge in [-0.05, 0) is 31.1 Å². The van der Waals surface area contributed by atoms with Crippen molar-refractivity contribution in [2.75, 3.05) is 0 Å². The fraction of sp³-hybridized carbons (Fsp3) is 0.933. The number of hydrogen-bond donors (Lipinski definition) is 0. The van der Waals surface area contributed by atoms with Gasteiger partial charge in [-0.15, -0.1) is 0 Å². The number of hydrogen-bond acceptors (Lipinski definition) is 2. The molecule has 0 saturated heterocycles. The molecule has 2 aliphatic carbocycles. The summed E-state index contributed by atoms with van der Waals surface area (Å²) in [6, 6.07) is 0. The highest BCUT2D eigenvalue weighted by molar-refractivity contribution is 5.69. The molecule has 0 bridgehead atoms.